The number of likely N-dealkylation sites (tertiary alicyclic amines) is 1. The summed E-state index contributed by atoms with van der Waals surface area (Å²) in [6.07, 6.45) is 1.63. The van der Waals surface area contributed by atoms with E-state index in [9.17, 15) is 4.79 Å². The number of methoxy groups -OCH3 is 3. The van der Waals surface area contributed by atoms with Crippen molar-refractivity contribution in [3.8, 4) is 23.0 Å². The normalized spacial score (nSPS) is 16.2. The van der Waals surface area contributed by atoms with Gasteiger partial charge < -0.3 is 42.8 Å². The van der Waals surface area contributed by atoms with Gasteiger partial charge in [0.1, 0.15) is 17.1 Å². The van der Waals surface area contributed by atoms with Crippen molar-refractivity contribution in [1.82, 2.24) is 4.90 Å². The van der Waals surface area contributed by atoms with E-state index in [1.54, 1.807) is 26.2 Å². The van der Waals surface area contributed by atoms with E-state index in [4.69, 9.17) is 37.9 Å². The predicted molar refractivity (Wildman–Crippen MR) is 188 cm³/mol. The van der Waals surface area contributed by atoms with Gasteiger partial charge in [-0.3, -0.25) is 0 Å². The van der Waals surface area contributed by atoms with Crippen LogP contribution in [0, 0.1) is 0 Å². The molecule has 1 heterocycles. The summed E-state index contributed by atoms with van der Waals surface area (Å²) in [4.78, 5) is 14.8. The van der Waals surface area contributed by atoms with Crippen molar-refractivity contribution in [3.63, 3.8) is 0 Å². The largest absolute Gasteiger partial charge is 0.496 e. The first-order valence-electron chi connectivity index (χ1n) is 17.0. The molecule has 1 aliphatic rings. The highest BCUT2D eigenvalue weighted by molar-refractivity contribution is 5.68. The molecule has 0 aliphatic carbocycles. The molecule has 10 heteroatoms. The van der Waals surface area contributed by atoms with Crippen LogP contribution < -0.4 is 18.9 Å². The maximum atomic E-state index is 13.1. The Morgan fingerprint density at radius 3 is 2.20 bits per heavy atom. The van der Waals surface area contributed by atoms with E-state index in [0.717, 1.165) is 47.5 Å². The molecule has 1 fully saturated rings. The minimum absolute atomic E-state index is 0.0628. The lowest BCUT2D eigenvalue weighted by Gasteiger charge is -2.39. The zero-order valence-electron chi connectivity index (χ0n) is 29.9. The number of amides is 1. The SMILES string of the molecule is COCCCOc1c(COC2CN(C(=O)OC(C)(C)C)CCC2c2ccc(OCCCOCc3ccccc3OC)cc2)cccc1OC. The topological polar surface area (TPSA) is 94.2 Å². The van der Waals surface area contributed by atoms with Crippen LogP contribution in [0.15, 0.2) is 66.7 Å². The molecule has 0 saturated carbocycles. The second-order valence-electron chi connectivity index (χ2n) is 12.9. The summed E-state index contributed by atoms with van der Waals surface area (Å²) in [6, 6.07) is 21.8. The zero-order valence-corrected chi connectivity index (χ0v) is 29.9. The van der Waals surface area contributed by atoms with Gasteiger partial charge in [0.05, 0.1) is 59.9 Å². The monoisotopic (exact) mass is 679 g/mol. The molecule has 2 unspecified atom stereocenters. The number of nitrogens with zero attached hydrogens (tertiary/aromatic N) is 1. The Balaban J connectivity index is 1.38. The molecular formula is C39H53NO9. The van der Waals surface area contributed by atoms with Gasteiger partial charge >= 0.3 is 6.09 Å². The van der Waals surface area contributed by atoms with Crippen molar-refractivity contribution in [2.45, 2.75) is 70.9 Å². The molecule has 3 aromatic rings. The maximum absolute atomic E-state index is 13.1. The van der Waals surface area contributed by atoms with Gasteiger partial charge in [-0.05, 0) is 57.0 Å². The molecule has 49 heavy (non-hydrogen) atoms. The molecule has 1 saturated heterocycles. The highest BCUT2D eigenvalue weighted by Crippen LogP contribution is 2.36. The fourth-order valence-electron chi connectivity index (χ4n) is 5.70. The van der Waals surface area contributed by atoms with Crippen LogP contribution >= 0.6 is 0 Å². The Kier molecular flexibility index (Phi) is 14.9. The summed E-state index contributed by atoms with van der Waals surface area (Å²) in [7, 11) is 4.97. The predicted octanol–water partition coefficient (Wildman–Crippen LogP) is 7.41. The first kappa shape index (κ1) is 37.8. The number of piperidine rings is 1. The third-order valence-corrected chi connectivity index (χ3v) is 8.14. The number of rotatable bonds is 18. The minimum atomic E-state index is -0.586. The lowest BCUT2D eigenvalue weighted by molar-refractivity contribution is -0.0364. The summed E-state index contributed by atoms with van der Waals surface area (Å²) in [5.74, 6) is 2.99. The molecule has 4 rings (SSSR count). The second-order valence-corrected chi connectivity index (χ2v) is 12.9. The fourth-order valence-corrected chi connectivity index (χ4v) is 5.70. The first-order valence-corrected chi connectivity index (χ1v) is 17.0. The molecule has 0 N–H and O–H groups in total. The van der Waals surface area contributed by atoms with Crippen LogP contribution in [-0.4, -0.2) is 83.5 Å². The third-order valence-electron chi connectivity index (χ3n) is 8.14. The standard InChI is InChI=1S/C39H53NO9/c1-39(2,3)49-38(41)40-21-20-33(36(26-40)48-28-31-13-9-15-35(44-6)37(31)47-25-10-22-42-4)29-16-18-32(19-17-29)46-24-11-23-45-27-30-12-7-8-14-34(30)43-5/h7-9,12-19,33,36H,10-11,20-28H2,1-6H3. The van der Waals surface area contributed by atoms with E-state index in [1.807, 2.05) is 75.4 Å². The number of para-hydroxylation sites is 2. The van der Waals surface area contributed by atoms with Gasteiger partial charge in [-0.15, -0.1) is 0 Å². The molecule has 0 aromatic heterocycles. The van der Waals surface area contributed by atoms with Gasteiger partial charge in [0, 0.05) is 50.1 Å². The van der Waals surface area contributed by atoms with Gasteiger partial charge in [-0.2, -0.15) is 0 Å². The van der Waals surface area contributed by atoms with Crippen LogP contribution in [0.3, 0.4) is 0 Å². The smallest absolute Gasteiger partial charge is 0.410 e. The quantitative estimate of drug-likeness (QED) is 0.127. The number of hydrogen-bond donors (Lipinski definition) is 0. The van der Waals surface area contributed by atoms with Crippen molar-refractivity contribution in [2.75, 3.05) is 60.8 Å². The lowest BCUT2D eigenvalue weighted by atomic mass is 9.87. The lowest BCUT2D eigenvalue weighted by Crippen LogP contribution is -2.48. The van der Waals surface area contributed by atoms with Crippen LogP contribution in [0.1, 0.15) is 62.6 Å². The summed E-state index contributed by atoms with van der Waals surface area (Å²) >= 11 is 0. The van der Waals surface area contributed by atoms with E-state index >= 15 is 0 Å². The van der Waals surface area contributed by atoms with Gasteiger partial charge in [-0.1, -0.05) is 42.5 Å². The van der Waals surface area contributed by atoms with Gasteiger partial charge in [0.2, 0.25) is 0 Å². The Hall–Kier alpha value is -3.99. The molecule has 0 radical (unpaired) electrons. The van der Waals surface area contributed by atoms with Crippen molar-refractivity contribution < 1.29 is 42.7 Å². The van der Waals surface area contributed by atoms with Crippen LogP contribution in [0.5, 0.6) is 23.0 Å². The minimum Gasteiger partial charge on any atom is -0.496 e. The summed E-state index contributed by atoms with van der Waals surface area (Å²) in [6.45, 7) is 9.61. The Morgan fingerprint density at radius 1 is 0.776 bits per heavy atom. The van der Waals surface area contributed by atoms with Gasteiger partial charge in [-0.25, -0.2) is 4.79 Å². The van der Waals surface area contributed by atoms with E-state index in [0.29, 0.717) is 64.2 Å². The van der Waals surface area contributed by atoms with E-state index in [-0.39, 0.29) is 18.1 Å². The average molecular weight is 680 g/mol. The van der Waals surface area contributed by atoms with Gasteiger partial charge in [0.25, 0.3) is 0 Å². The number of hydrogen-bond acceptors (Lipinski definition) is 9. The van der Waals surface area contributed by atoms with E-state index < -0.39 is 5.60 Å². The molecule has 10 nitrogen and oxygen atoms in total. The number of benzene rings is 3. The van der Waals surface area contributed by atoms with Gasteiger partial charge in [0.15, 0.2) is 11.5 Å². The molecule has 3 aromatic carbocycles. The zero-order chi connectivity index (χ0) is 35.1. The summed E-state index contributed by atoms with van der Waals surface area (Å²) in [5, 5.41) is 0. The van der Waals surface area contributed by atoms with Crippen LogP contribution in [0.4, 0.5) is 4.79 Å². The highest BCUT2D eigenvalue weighted by Gasteiger charge is 2.35. The number of ether oxygens (including phenoxy) is 8. The Labute approximate surface area is 291 Å². The van der Waals surface area contributed by atoms with Crippen molar-refractivity contribution in [2.24, 2.45) is 0 Å². The highest BCUT2D eigenvalue weighted by atomic mass is 16.6. The molecule has 0 bridgehead atoms. The van der Waals surface area contributed by atoms with Crippen LogP contribution in [-0.2, 0) is 32.2 Å². The molecular weight excluding hydrogens is 626 g/mol. The molecule has 2 atom stereocenters. The first-order chi connectivity index (χ1) is 23.7. The van der Waals surface area contributed by atoms with Crippen LogP contribution in [0.2, 0.25) is 0 Å². The maximum Gasteiger partial charge on any atom is 0.410 e. The third kappa shape index (κ3) is 11.8. The Bertz CT molecular complexity index is 1420. The molecule has 1 amide bonds. The second kappa shape index (κ2) is 19.3. The number of carbonyl (C=O) groups is 1. The van der Waals surface area contributed by atoms with Crippen molar-refractivity contribution in [3.05, 3.63) is 83.4 Å². The van der Waals surface area contributed by atoms with Crippen LogP contribution in [0.25, 0.3) is 0 Å². The number of carbonyl (C=O) groups excluding carboxylic acids is 1. The van der Waals surface area contributed by atoms with Crippen molar-refractivity contribution >= 4 is 6.09 Å². The summed E-state index contributed by atoms with van der Waals surface area (Å²) < 4.78 is 46.5. The Morgan fingerprint density at radius 2 is 1.47 bits per heavy atom. The van der Waals surface area contributed by atoms with E-state index in [1.165, 1.54) is 0 Å². The van der Waals surface area contributed by atoms with Crippen molar-refractivity contribution in [1.29, 1.82) is 0 Å². The van der Waals surface area contributed by atoms with E-state index in [2.05, 4.69) is 12.1 Å². The molecule has 268 valence electrons. The summed E-state index contributed by atoms with van der Waals surface area (Å²) in [5.41, 5.74) is 2.44. The molecule has 0 spiro atoms. The average Bonchev–Trinajstić information content (AvgIpc) is 3.10. The fraction of sp³-hybridized carbons (Fsp3) is 0.513. The molecule has 1 aliphatic heterocycles.